The molecule has 3 rings (SSSR count). The van der Waals surface area contributed by atoms with Gasteiger partial charge in [0.25, 0.3) is 0 Å². The summed E-state index contributed by atoms with van der Waals surface area (Å²) in [6.07, 6.45) is 5.67. The van der Waals surface area contributed by atoms with E-state index in [0.717, 1.165) is 17.7 Å². The summed E-state index contributed by atoms with van der Waals surface area (Å²) in [5, 5.41) is 8.73. The van der Waals surface area contributed by atoms with E-state index in [1.807, 2.05) is 42.5 Å². The third kappa shape index (κ3) is 6.02. The van der Waals surface area contributed by atoms with Gasteiger partial charge >= 0.3 is 35.5 Å². The third-order valence-corrected chi connectivity index (χ3v) is 7.06. The Labute approximate surface area is 200 Å². The molecule has 2 aromatic rings. The van der Waals surface area contributed by atoms with Crippen molar-refractivity contribution in [2.45, 2.75) is 36.6 Å². The van der Waals surface area contributed by atoms with Gasteiger partial charge < -0.3 is 6.53 Å². The number of allylic oxidation sites excluding steroid dienone is 2. The van der Waals surface area contributed by atoms with Crippen LogP contribution in [0.1, 0.15) is 38.7 Å². The number of halogens is 1. The summed E-state index contributed by atoms with van der Waals surface area (Å²) in [5.41, 5.74) is 0.916. The largest absolute Gasteiger partial charge is 1.00 e. The van der Waals surface area contributed by atoms with Gasteiger partial charge in [0.15, 0.2) is 0 Å². The summed E-state index contributed by atoms with van der Waals surface area (Å²) in [7, 11) is -3.77. The number of carbonyl (C=O) groups is 1. The van der Waals surface area contributed by atoms with Crippen LogP contribution in [-0.2, 0) is 14.8 Å². The van der Waals surface area contributed by atoms with Crippen LogP contribution in [0.5, 0.6) is 0 Å². The van der Waals surface area contributed by atoms with Crippen LogP contribution >= 0.6 is 0 Å². The Morgan fingerprint density at radius 3 is 2.43 bits per heavy atom. The molecule has 8 heteroatoms. The molecular weight excluding hydrogens is 416 g/mol. The van der Waals surface area contributed by atoms with Crippen LogP contribution in [0.15, 0.2) is 71.6 Å². The zero-order valence-corrected chi connectivity index (χ0v) is 19.8. The molecule has 0 aromatic heterocycles. The predicted octanol–water partition coefficient (Wildman–Crippen LogP) is 1.51. The number of carboxylic acid groups (broad SMARTS) is 1. The van der Waals surface area contributed by atoms with Crippen molar-refractivity contribution in [3.05, 3.63) is 78.1 Å². The van der Waals surface area contributed by atoms with E-state index in [4.69, 9.17) is 5.11 Å². The molecule has 0 unspecified atom stereocenters. The van der Waals surface area contributed by atoms with Gasteiger partial charge in [-0.3, -0.25) is 4.79 Å². The molecule has 2 aromatic carbocycles. The second-order valence-electron chi connectivity index (χ2n) is 7.11. The van der Waals surface area contributed by atoms with Gasteiger partial charge in [-0.25, -0.2) is 12.8 Å². The van der Waals surface area contributed by atoms with Crippen molar-refractivity contribution in [3.8, 4) is 0 Å². The Morgan fingerprint density at radius 2 is 1.80 bits per heavy atom. The Hall–Kier alpha value is -1.51. The van der Waals surface area contributed by atoms with Crippen molar-refractivity contribution in [2.75, 3.05) is 6.54 Å². The first-order valence-electron chi connectivity index (χ1n) is 9.59. The van der Waals surface area contributed by atoms with Gasteiger partial charge in [-0.05, 0) is 55.0 Å². The second kappa shape index (κ2) is 11.2. The van der Waals surface area contributed by atoms with Crippen LogP contribution < -0.4 is 29.6 Å². The van der Waals surface area contributed by atoms with Crippen LogP contribution in [0.4, 0.5) is 4.39 Å². The smallest absolute Gasteiger partial charge is 1.00 e. The standard InChI is InChI=1S/C22H24FNO4S.Na.H/c23-19-11-13-20(14-12-19)29(27,28)24-16-15-18(9-5-2-6-10-21(25)26)22(24)17-7-3-1-4-8-17;;/h1-5,7-8,11-14,18,22H,6,9-10,15-16H2,(H,25,26);;/q;+1;-1/b5-2-;;/t18-,22-;;/m1../s1. The molecule has 2 atom stereocenters. The number of hydrogen-bond donors (Lipinski definition) is 1. The number of benzene rings is 2. The number of aliphatic carboxylic acids is 1. The second-order valence-corrected chi connectivity index (χ2v) is 9.00. The van der Waals surface area contributed by atoms with Gasteiger partial charge in [0, 0.05) is 13.0 Å². The summed E-state index contributed by atoms with van der Waals surface area (Å²) in [6.45, 7) is 0.382. The number of nitrogens with zero attached hydrogens (tertiary/aromatic N) is 1. The van der Waals surface area contributed by atoms with E-state index in [1.165, 1.54) is 16.4 Å². The van der Waals surface area contributed by atoms with Crippen molar-refractivity contribution in [3.63, 3.8) is 0 Å². The quantitative estimate of drug-likeness (QED) is 0.498. The molecule has 1 aliphatic rings. The molecular formula is C22H25FNNaO4S. The van der Waals surface area contributed by atoms with Crippen molar-refractivity contribution in [2.24, 2.45) is 5.92 Å². The molecule has 0 aliphatic carbocycles. The molecule has 1 saturated heterocycles. The van der Waals surface area contributed by atoms with E-state index in [9.17, 15) is 17.6 Å². The molecule has 0 bridgehead atoms. The normalized spacial score (nSPS) is 19.6. The van der Waals surface area contributed by atoms with Crippen LogP contribution in [0, 0.1) is 11.7 Å². The minimum atomic E-state index is -3.77. The SMILES string of the molecule is O=C(O)CC/C=C\C[C@@H]1CCN(S(=O)(=O)c2ccc(F)cc2)[C@@H]1c1ccccc1.[H-].[Na+]. The summed E-state index contributed by atoms with van der Waals surface area (Å²) in [5.74, 6) is -1.24. The molecule has 0 radical (unpaired) electrons. The molecule has 0 amide bonds. The summed E-state index contributed by atoms with van der Waals surface area (Å²) < 4.78 is 41.3. The molecule has 156 valence electrons. The first-order valence-corrected chi connectivity index (χ1v) is 11.0. The van der Waals surface area contributed by atoms with Crippen molar-refractivity contribution in [1.82, 2.24) is 4.31 Å². The first-order chi connectivity index (χ1) is 13.9. The van der Waals surface area contributed by atoms with Crippen LogP contribution in [0.25, 0.3) is 0 Å². The zero-order valence-electron chi connectivity index (χ0n) is 17.9. The van der Waals surface area contributed by atoms with Gasteiger partial charge in [0.05, 0.1) is 10.9 Å². The molecule has 0 spiro atoms. The fourth-order valence-corrected chi connectivity index (χ4v) is 5.46. The van der Waals surface area contributed by atoms with Gasteiger partial charge in [-0.1, -0.05) is 42.5 Å². The minimum Gasteiger partial charge on any atom is -1.00 e. The van der Waals surface area contributed by atoms with Crippen LogP contribution in [-0.4, -0.2) is 30.3 Å². The average molecular weight is 442 g/mol. The molecule has 1 heterocycles. The van der Waals surface area contributed by atoms with E-state index < -0.39 is 21.8 Å². The number of carboxylic acids is 1. The zero-order chi connectivity index (χ0) is 20.9. The summed E-state index contributed by atoms with van der Waals surface area (Å²) in [4.78, 5) is 10.7. The van der Waals surface area contributed by atoms with Crippen molar-refractivity contribution < 1.29 is 53.7 Å². The van der Waals surface area contributed by atoms with Crippen LogP contribution in [0.2, 0.25) is 0 Å². The van der Waals surface area contributed by atoms with Gasteiger partial charge in [0.1, 0.15) is 5.82 Å². The van der Waals surface area contributed by atoms with Crippen molar-refractivity contribution >= 4 is 16.0 Å². The molecule has 1 N–H and O–H groups in total. The van der Waals surface area contributed by atoms with Gasteiger partial charge in [0.2, 0.25) is 10.0 Å². The molecule has 30 heavy (non-hydrogen) atoms. The minimum absolute atomic E-state index is 0. The Kier molecular flexibility index (Phi) is 9.25. The molecule has 5 nitrogen and oxygen atoms in total. The molecule has 1 aliphatic heterocycles. The Bertz CT molecular complexity index is 971. The van der Waals surface area contributed by atoms with E-state index in [1.54, 1.807) is 0 Å². The molecule has 0 saturated carbocycles. The maximum atomic E-state index is 13.3. The maximum Gasteiger partial charge on any atom is 1.00 e. The third-order valence-electron chi connectivity index (χ3n) is 5.17. The summed E-state index contributed by atoms with van der Waals surface area (Å²) in [6, 6.07) is 14.1. The van der Waals surface area contributed by atoms with E-state index >= 15 is 0 Å². The van der Waals surface area contributed by atoms with E-state index in [0.29, 0.717) is 25.8 Å². The van der Waals surface area contributed by atoms with E-state index in [-0.39, 0.29) is 54.3 Å². The fourth-order valence-electron chi connectivity index (χ4n) is 3.77. The van der Waals surface area contributed by atoms with Crippen molar-refractivity contribution in [1.29, 1.82) is 0 Å². The monoisotopic (exact) mass is 441 g/mol. The Morgan fingerprint density at radius 1 is 1.13 bits per heavy atom. The maximum absolute atomic E-state index is 13.3. The van der Waals surface area contributed by atoms with Crippen LogP contribution in [0.3, 0.4) is 0 Å². The Balaban J connectivity index is 0.00000240. The summed E-state index contributed by atoms with van der Waals surface area (Å²) >= 11 is 0. The first kappa shape index (κ1) is 24.8. The number of hydrogen-bond acceptors (Lipinski definition) is 3. The van der Waals surface area contributed by atoms with Gasteiger partial charge in [-0.2, -0.15) is 4.31 Å². The fraction of sp³-hybridized carbons (Fsp3) is 0.318. The topological polar surface area (TPSA) is 74.7 Å². The van der Waals surface area contributed by atoms with Gasteiger partial charge in [-0.15, -0.1) is 0 Å². The molecule has 1 fully saturated rings. The van der Waals surface area contributed by atoms with E-state index in [2.05, 4.69) is 0 Å². The number of rotatable bonds is 8. The average Bonchev–Trinajstić information content (AvgIpc) is 3.13. The predicted molar refractivity (Wildman–Crippen MR) is 109 cm³/mol. The number of sulfonamides is 1.